The molecule has 3 N–H and O–H groups in total. The minimum atomic E-state index is 0.178. The van der Waals surface area contributed by atoms with Gasteiger partial charge in [0.1, 0.15) is 0 Å². The summed E-state index contributed by atoms with van der Waals surface area (Å²) in [5, 5.41) is 4.09. The minimum absolute atomic E-state index is 0.178. The number of hydrogen-bond donors (Lipinski definition) is 2. The Morgan fingerprint density at radius 3 is 2.58 bits per heavy atom. The Morgan fingerprint density at radius 2 is 2.25 bits per heavy atom. The van der Waals surface area contributed by atoms with E-state index in [-0.39, 0.29) is 6.04 Å². The van der Waals surface area contributed by atoms with E-state index in [9.17, 15) is 0 Å². The standard InChI is InChI=1S/C8H16N4/c1-6(2)8(11-9)7-4-5-10-12(7)3/h4-6,8,11H,9H2,1-3H3. The summed E-state index contributed by atoms with van der Waals surface area (Å²) in [6.07, 6.45) is 1.78. The second-order valence-corrected chi connectivity index (χ2v) is 3.27. The molecule has 0 saturated carbocycles. The second-order valence-electron chi connectivity index (χ2n) is 3.27. The molecule has 68 valence electrons. The summed E-state index contributed by atoms with van der Waals surface area (Å²) in [4.78, 5) is 0. The first-order valence-corrected chi connectivity index (χ1v) is 4.11. The average molecular weight is 168 g/mol. The Kier molecular flexibility index (Phi) is 2.83. The van der Waals surface area contributed by atoms with Crippen molar-refractivity contribution >= 4 is 0 Å². The molecule has 1 aromatic heterocycles. The highest BCUT2D eigenvalue weighted by molar-refractivity contribution is 5.06. The molecule has 0 aliphatic carbocycles. The molecule has 1 atom stereocenters. The highest BCUT2D eigenvalue weighted by atomic mass is 15.3. The lowest BCUT2D eigenvalue weighted by atomic mass is 10.0. The van der Waals surface area contributed by atoms with Crippen LogP contribution >= 0.6 is 0 Å². The van der Waals surface area contributed by atoms with Crippen LogP contribution in [-0.2, 0) is 7.05 Å². The lowest BCUT2D eigenvalue weighted by Crippen LogP contribution is -2.32. The maximum Gasteiger partial charge on any atom is 0.0651 e. The van der Waals surface area contributed by atoms with Crippen LogP contribution in [0.1, 0.15) is 25.6 Å². The molecule has 1 rings (SSSR count). The van der Waals surface area contributed by atoms with Crippen molar-refractivity contribution in [1.82, 2.24) is 15.2 Å². The Labute approximate surface area is 72.7 Å². The summed E-state index contributed by atoms with van der Waals surface area (Å²) in [7, 11) is 1.92. The van der Waals surface area contributed by atoms with Gasteiger partial charge in [-0.25, -0.2) is 0 Å². The van der Waals surface area contributed by atoms with E-state index in [1.54, 1.807) is 6.20 Å². The molecule has 4 nitrogen and oxygen atoms in total. The van der Waals surface area contributed by atoms with Crippen molar-refractivity contribution in [2.24, 2.45) is 18.8 Å². The van der Waals surface area contributed by atoms with E-state index in [2.05, 4.69) is 24.4 Å². The van der Waals surface area contributed by atoms with Crippen LogP contribution in [0.5, 0.6) is 0 Å². The molecule has 12 heavy (non-hydrogen) atoms. The molecule has 0 aliphatic heterocycles. The summed E-state index contributed by atoms with van der Waals surface area (Å²) < 4.78 is 1.84. The van der Waals surface area contributed by atoms with Crippen molar-refractivity contribution < 1.29 is 0 Å². The predicted octanol–water partition coefficient (Wildman–Crippen LogP) is 0.581. The molecular formula is C8H16N4. The predicted molar refractivity (Wildman–Crippen MR) is 48.1 cm³/mol. The van der Waals surface area contributed by atoms with E-state index in [1.165, 1.54) is 0 Å². The van der Waals surface area contributed by atoms with Gasteiger partial charge in [-0.2, -0.15) is 5.10 Å². The monoisotopic (exact) mass is 168 g/mol. The first kappa shape index (κ1) is 9.22. The number of hydrogen-bond acceptors (Lipinski definition) is 3. The van der Waals surface area contributed by atoms with E-state index in [1.807, 2.05) is 17.8 Å². The Morgan fingerprint density at radius 1 is 1.58 bits per heavy atom. The van der Waals surface area contributed by atoms with Crippen LogP contribution in [0.4, 0.5) is 0 Å². The van der Waals surface area contributed by atoms with Gasteiger partial charge < -0.3 is 0 Å². The topological polar surface area (TPSA) is 55.9 Å². The number of rotatable bonds is 3. The minimum Gasteiger partial charge on any atom is -0.271 e. The molecule has 1 aromatic rings. The number of nitrogens with one attached hydrogen (secondary N) is 1. The summed E-state index contributed by atoms with van der Waals surface area (Å²) in [6.45, 7) is 4.25. The fourth-order valence-corrected chi connectivity index (χ4v) is 1.31. The highest BCUT2D eigenvalue weighted by Gasteiger charge is 2.16. The molecule has 1 heterocycles. The maximum absolute atomic E-state index is 5.44. The van der Waals surface area contributed by atoms with Gasteiger partial charge in [-0.05, 0) is 12.0 Å². The van der Waals surface area contributed by atoms with Gasteiger partial charge >= 0.3 is 0 Å². The molecule has 0 aromatic carbocycles. The van der Waals surface area contributed by atoms with Crippen LogP contribution in [0.3, 0.4) is 0 Å². The van der Waals surface area contributed by atoms with E-state index in [0.717, 1.165) is 5.69 Å². The Balaban J connectivity index is 2.87. The number of hydrazine groups is 1. The van der Waals surface area contributed by atoms with Gasteiger partial charge in [-0.3, -0.25) is 16.0 Å². The fraction of sp³-hybridized carbons (Fsp3) is 0.625. The van der Waals surface area contributed by atoms with E-state index >= 15 is 0 Å². The van der Waals surface area contributed by atoms with Crippen LogP contribution in [-0.4, -0.2) is 9.78 Å². The molecule has 0 amide bonds. The maximum atomic E-state index is 5.44. The normalized spacial score (nSPS) is 13.8. The molecule has 0 aliphatic rings. The summed E-state index contributed by atoms with van der Waals surface area (Å²) in [5.41, 5.74) is 3.90. The Hall–Kier alpha value is -0.870. The third-order valence-corrected chi connectivity index (χ3v) is 2.02. The largest absolute Gasteiger partial charge is 0.271 e. The van der Waals surface area contributed by atoms with Crippen LogP contribution < -0.4 is 11.3 Å². The SMILES string of the molecule is CC(C)C(NN)c1ccnn1C. The van der Waals surface area contributed by atoms with Crippen molar-refractivity contribution in [3.05, 3.63) is 18.0 Å². The van der Waals surface area contributed by atoms with Gasteiger partial charge in [-0.1, -0.05) is 13.8 Å². The van der Waals surface area contributed by atoms with Crippen molar-refractivity contribution in [1.29, 1.82) is 0 Å². The van der Waals surface area contributed by atoms with Gasteiger partial charge in [-0.15, -0.1) is 0 Å². The molecule has 0 spiro atoms. The number of aryl methyl sites for hydroxylation is 1. The molecule has 1 unspecified atom stereocenters. The van der Waals surface area contributed by atoms with Crippen LogP contribution in [0.15, 0.2) is 12.3 Å². The molecule has 0 bridgehead atoms. The molecule has 0 saturated heterocycles. The zero-order valence-electron chi connectivity index (χ0n) is 7.78. The van der Waals surface area contributed by atoms with Crippen LogP contribution in [0, 0.1) is 5.92 Å². The van der Waals surface area contributed by atoms with Gasteiger partial charge in [0.15, 0.2) is 0 Å². The summed E-state index contributed by atoms with van der Waals surface area (Å²) in [6, 6.07) is 2.15. The molecular weight excluding hydrogens is 152 g/mol. The molecule has 0 fully saturated rings. The lowest BCUT2D eigenvalue weighted by molar-refractivity contribution is 0.397. The highest BCUT2D eigenvalue weighted by Crippen LogP contribution is 2.18. The summed E-state index contributed by atoms with van der Waals surface area (Å²) in [5.74, 6) is 5.91. The number of nitrogens with zero attached hydrogens (tertiary/aromatic N) is 2. The quantitative estimate of drug-likeness (QED) is 0.513. The van der Waals surface area contributed by atoms with Crippen LogP contribution in [0.25, 0.3) is 0 Å². The third-order valence-electron chi connectivity index (χ3n) is 2.02. The van der Waals surface area contributed by atoms with E-state index < -0.39 is 0 Å². The van der Waals surface area contributed by atoms with Gasteiger partial charge in [0.2, 0.25) is 0 Å². The lowest BCUT2D eigenvalue weighted by Gasteiger charge is -2.19. The van der Waals surface area contributed by atoms with Crippen molar-refractivity contribution in [2.45, 2.75) is 19.9 Å². The first-order valence-electron chi connectivity index (χ1n) is 4.11. The van der Waals surface area contributed by atoms with Gasteiger partial charge in [0.25, 0.3) is 0 Å². The van der Waals surface area contributed by atoms with E-state index in [4.69, 9.17) is 5.84 Å². The van der Waals surface area contributed by atoms with Gasteiger partial charge in [0.05, 0.1) is 11.7 Å². The van der Waals surface area contributed by atoms with Crippen molar-refractivity contribution in [3.63, 3.8) is 0 Å². The van der Waals surface area contributed by atoms with Crippen molar-refractivity contribution in [2.75, 3.05) is 0 Å². The molecule has 4 heteroatoms. The first-order chi connectivity index (χ1) is 5.66. The smallest absolute Gasteiger partial charge is 0.0651 e. The zero-order chi connectivity index (χ0) is 9.14. The number of nitrogens with two attached hydrogens (primary N) is 1. The zero-order valence-corrected chi connectivity index (χ0v) is 7.78. The van der Waals surface area contributed by atoms with Crippen LogP contribution in [0.2, 0.25) is 0 Å². The number of aromatic nitrogens is 2. The summed E-state index contributed by atoms with van der Waals surface area (Å²) >= 11 is 0. The third kappa shape index (κ3) is 1.65. The van der Waals surface area contributed by atoms with Gasteiger partial charge in [0, 0.05) is 13.2 Å². The van der Waals surface area contributed by atoms with Crippen molar-refractivity contribution in [3.8, 4) is 0 Å². The second kappa shape index (κ2) is 3.69. The fourth-order valence-electron chi connectivity index (χ4n) is 1.31. The Bertz CT molecular complexity index is 241. The van der Waals surface area contributed by atoms with E-state index in [0.29, 0.717) is 5.92 Å². The molecule has 0 radical (unpaired) electrons. The average Bonchev–Trinajstić information content (AvgIpc) is 2.38.